The number of hydrogen-bond donors (Lipinski definition) is 2. The fourth-order valence-electron chi connectivity index (χ4n) is 3.21. The second-order valence-corrected chi connectivity index (χ2v) is 7.12. The number of carbonyl (C=O) groups is 2. The largest absolute Gasteiger partial charge is 0.405 e. The Hall–Kier alpha value is -2.60. The van der Waals surface area contributed by atoms with E-state index in [-0.39, 0.29) is 18.0 Å². The van der Waals surface area contributed by atoms with Gasteiger partial charge < -0.3 is 10.6 Å². The highest BCUT2D eigenvalue weighted by molar-refractivity contribution is 5.94. The van der Waals surface area contributed by atoms with Gasteiger partial charge in [-0.2, -0.15) is 18.4 Å². The van der Waals surface area contributed by atoms with Crippen molar-refractivity contribution in [2.24, 2.45) is 0 Å². The van der Waals surface area contributed by atoms with Crippen LogP contribution in [-0.4, -0.2) is 48.6 Å². The molecule has 1 aliphatic carbocycles. The first-order valence-electron chi connectivity index (χ1n) is 8.97. The molecule has 1 fully saturated rings. The van der Waals surface area contributed by atoms with Crippen LogP contribution in [0.5, 0.6) is 0 Å². The number of alkyl halides is 3. The Kier molecular flexibility index (Phi) is 7.02. The van der Waals surface area contributed by atoms with Crippen LogP contribution in [0.2, 0.25) is 0 Å². The Labute approximate surface area is 161 Å². The summed E-state index contributed by atoms with van der Waals surface area (Å²) in [5, 5.41) is 14.0. The van der Waals surface area contributed by atoms with E-state index in [9.17, 15) is 28.0 Å². The van der Waals surface area contributed by atoms with Crippen LogP contribution in [0.1, 0.15) is 41.6 Å². The molecule has 1 aliphatic rings. The van der Waals surface area contributed by atoms with Crippen molar-refractivity contribution < 1.29 is 22.8 Å². The van der Waals surface area contributed by atoms with Crippen molar-refractivity contribution >= 4 is 11.8 Å². The average Bonchev–Trinajstić information content (AvgIpc) is 3.08. The molecule has 0 spiro atoms. The van der Waals surface area contributed by atoms with Crippen molar-refractivity contribution in [2.75, 3.05) is 20.1 Å². The van der Waals surface area contributed by atoms with Crippen molar-refractivity contribution in [3.05, 3.63) is 35.4 Å². The van der Waals surface area contributed by atoms with Crippen LogP contribution in [-0.2, 0) is 11.3 Å². The molecule has 2 amide bonds. The van der Waals surface area contributed by atoms with Crippen LogP contribution < -0.4 is 10.6 Å². The monoisotopic (exact) mass is 396 g/mol. The summed E-state index contributed by atoms with van der Waals surface area (Å²) < 4.78 is 36.4. The number of halogens is 3. The maximum Gasteiger partial charge on any atom is 0.405 e. The molecular weight excluding hydrogens is 373 g/mol. The Morgan fingerprint density at radius 3 is 2.36 bits per heavy atom. The average molecular weight is 396 g/mol. The lowest BCUT2D eigenvalue weighted by Gasteiger charge is -2.24. The van der Waals surface area contributed by atoms with Crippen molar-refractivity contribution in [3.63, 3.8) is 0 Å². The number of nitrogens with zero attached hydrogens (tertiary/aromatic N) is 2. The van der Waals surface area contributed by atoms with Gasteiger partial charge in [-0.1, -0.05) is 12.1 Å². The summed E-state index contributed by atoms with van der Waals surface area (Å²) in [7, 11) is 1.75. The molecule has 1 aromatic rings. The van der Waals surface area contributed by atoms with Crippen LogP contribution in [0.25, 0.3) is 0 Å². The minimum atomic E-state index is -4.46. The summed E-state index contributed by atoms with van der Waals surface area (Å²) in [5.41, 5.74) is 0.174. The van der Waals surface area contributed by atoms with E-state index in [1.807, 2.05) is 5.32 Å². The minimum Gasteiger partial charge on any atom is -0.343 e. The molecule has 0 heterocycles. The van der Waals surface area contributed by atoms with Crippen LogP contribution in [0.3, 0.4) is 0 Å². The third kappa shape index (κ3) is 6.53. The van der Waals surface area contributed by atoms with Gasteiger partial charge in [-0.3, -0.25) is 14.5 Å². The number of carbonyl (C=O) groups excluding carboxylic acids is 2. The Bertz CT molecular complexity index is 735. The zero-order valence-electron chi connectivity index (χ0n) is 15.6. The lowest BCUT2D eigenvalue weighted by atomic mass is 10.00. The van der Waals surface area contributed by atoms with Gasteiger partial charge in [0.1, 0.15) is 12.1 Å². The van der Waals surface area contributed by atoms with E-state index >= 15 is 0 Å². The number of rotatable bonds is 7. The van der Waals surface area contributed by atoms with Gasteiger partial charge in [0.15, 0.2) is 0 Å². The summed E-state index contributed by atoms with van der Waals surface area (Å²) in [6, 6.07) is 8.35. The molecule has 1 aromatic carbocycles. The standard InChI is InChI=1S/C19H23F3N4O2/c1-26(11-16(27)25-18(12-23)8-2-3-9-18)10-14-4-6-15(7-5-14)17(28)24-13-19(20,21)22/h4-7H,2-3,8-11,13H2,1H3,(H,24,28)(H,25,27). The lowest BCUT2D eigenvalue weighted by Crippen LogP contribution is -2.48. The molecular formula is C19H23F3N4O2. The van der Waals surface area contributed by atoms with Gasteiger partial charge >= 0.3 is 6.18 Å². The van der Waals surface area contributed by atoms with Crippen molar-refractivity contribution in [1.82, 2.24) is 15.5 Å². The van der Waals surface area contributed by atoms with Crippen LogP contribution >= 0.6 is 0 Å². The summed E-state index contributed by atoms with van der Waals surface area (Å²) >= 11 is 0. The van der Waals surface area contributed by atoms with E-state index < -0.39 is 24.2 Å². The highest BCUT2D eigenvalue weighted by atomic mass is 19.4. The zero-order valence-corrected chi connectivity index (χ0v) is 15.6. The van der Waals surface area contributed by atoms with Gasteiger partial charge in [-0.05, 0) is 50.4 Å². The number of likely N-dealkylation sites (N-methyl/N-ethyl adjacent to an activating group) is 1. The van der Waals surface area contributed by atoms with Crippen molar-refractivity contribution in [2.45, 2.75) is 43.9 Å². The van der Waals surface area contributed by atoms with Gasteiger partial charge in [0.2, 0.25) is 5.91 Å². The first-order valence-corrected chi connectivity index (χ1v) is 8.97. The van der Waals surface area contributed by atoms with Gasteiger partial charge in [-0.15, -0.1) is 0 Å². The van der Waals surface area contributed by atoms with Crippen molar-refractivity contribution in [1.29, 1.82) is 5.26 Å². The quantitative estimate of drug-likeness (QED) is 0.741. The Morgan fingerprint density at radius 2 is 1.82 bits per heavy atom. The first kappa shape index (κ1) is 21.7. The zero-order chi connectivity index (χ0) is 20.8. The van der Waals surface area contributed by atoms with Crippen LogP contribution in [0.4, 0.5) is 13.2 Å². The molecule has 152 valence electrons. The van der Waals surface area contributed by atoms with E-state index in [2.05, 4.69) is 11.4 Å². The van der Waals surface area contributed by atoms with Crippen LogP contribution in [0.15, 0.2) is 24.3 Å². The fraction of sp³-hybridized carbons (Fsp3) is 0.526. The smallest absolute Gasteiger partial charge is 0.343 e. The molecule has 28 heavy (non-hydrogen) atoms. The van der Waals surface area contributed by atoms with E-state index in [1.165, 1.54) is 12.1 Å². The Balaban J connectivity index is 1.83. The summed E-state index contributed by atoms with van der Waals surface area (Å²) in [4.78, 5) is 25.7. The minimum absolute atomic E-state index is 0.108. The molecule has 6 nitrogen and oxygen atoms in total. The normalized spacial score (nSPS) is 15.9. The third-order valence-corrected chi connectivity index (χ3v) is 4.58. The van der Waals surface area contributed by atoms with Gasteiger partial charge in [0.05, 0.1) is 12.6 Å². The number of nitrogens with one attached hydrogen (secondary N) is 2. The van der Waals surface area contributed by atoms with Gasteiger partial charge in [0, 0.05) is 12.1 Å². The van der Waals surface area contributed by atoms with Gasteiger partial charge in [0.25, 0.3) is 5.91 Å². The maximum absolute atomic E-state index is 12.2. The summed E-state index contributed by atoms with van der Waals surface area (Å²) in [6.45, 7) is -0.857. The van der Waals surface area contributed by atoms with E-state index in [4.69, 9.17) is 0 Å². The molecule has 0 bridgehead atoms. The molecule has 0 aliphatic heterocycles. The maximum atomic E-state index is 12.2. The van der Waals surface area contributed by atoms with E-state index in [0.717, 1.165) is 18.4 Å². The fourth-order valence-corrected chi connectivity index (χ4v) is 3.21. The third-order valence-electron chi connectivity index (χ3n) is 4.58. The molecule has 0 saturated heterocycles. The number of hydrogen-bond acceptors (Lipinski definition) is 4. The van der Waals surface area contributed by atoms with E-state index in [0.29, 0.717) is 19.4 Å². The summed E-state index contributed by atoms with van der Waals surface area (Å²) in [6.07, 6.45) is -1.28. The topological polar surface area (TPSA) is 85.2 Å². The molecule has 9 heteroatoms. The number of benzene rings is 1. The predicted molar refractivity (Wildman–Crippen MR) is 96.1 cm³/mol. The van der Waals surface area contributed by atoms with Crippen LogP contribution in [0, 0.1) is 11.3 Å². The lowest BCUT2D eigenvalue weighted by molar-refractivity contribution is -0.124. The Morgan fingerprint density at radius 1 is 1.21 bits per heavy atom. The molecule has 2 rings (SSSR count). The highest BCUT2D eigenvalue weighted by Gasteiger charge is 2.35. The second-order valence-electron chi connectivity index (χ2n) is 7.12. The van der Waals surface area contributed by atoms with Gasteiger partial charge in [-0.25, -0.2) is 0 Å². The molecule has 0 atom stereocenters. The highest BCUT2D eigenvalue weighted by Crippen LogP contribution is 2.28. The predicted octanol–water partition coefficient (Wildman–Crippen LogP) is 2.36. The SMILES string of the molecule is CN(CC(=O)NC1(C#N)CCCC1)Cc1ccc(C(=O)NCC(F)(F)F)cc1. The molecule has 0 aromatic heterocycles. The van der Waals surface area contributed by atoms with Crippen molar-refractivity contribution in [3.8, 4) is 6.07 Å². The summed E-state index contributed by atoms with van der Waals surface area (Å²) in [5.74, 6) is -1.02. The number of nitriles is 1. The molecule has 1 saturated carbocycles. The first-order chi connectivity index (χ1) is 13.1. The second kappa shape index (κ2) is 9.06. The molecule has 0 radical (unpaired) electrons. The molecule has 0 unspecified atom stereocenters. The number of amides is 2. The molecule has 2 N–H and O–H groups in total. The van der Waals surface area contributed by atoms with E-state index in [1.54, 1.807) is 24.1 Å².